The summed E-state index contributed by atoms with van der Waals surface area (Å²) in [5, 5.41) is 13.0. The van der Waals surface area contributed by atoms with E-state index < -0.39 is 6.10 Å². The zero-order valence-corrected chi connectivity index (χ0v) is 18.9. The lowest BCUT2D eigenvalue weighted by Gasteiger charge is -2.44. The molecule has 1 aliphatic rings. The molecule has 30 heavy (non-hydrogen) atoms. The molecule has 3 rings (SSSR count). The van der Waals surface area contributed by atoms with E-state index in [4.69, 9.17) is 16.3 Å². The number of likely N-dealkylation sites (tertiary alicyclic amines) is 1. The summed E-state index contributed by atoms with van der Waals surface area (Å²) in [5.41, 5.74) is 4.23. The van der Waals surface area contributed by atoms with Gasteiger partial charge in [-0.3, -0.25) is 9.69 Å². The van der Waals surface area contributed by atoms with E-state index in [-0.39, 0.29) is 5.91 Å². The Bertz CT molecular complexity index is 894. The van der Waals surface area contributed by atoms with Gasteiger partial charge in [-0.2, -0.15) is 0 Å². The summed E-state index contributed by atoms with van der Waals surface area (Å²) in [6, 6.07) is 11.4. The minimum absolute atomic E-state index is 0.0803. The number of ether oxygens (including phenoxy) is 1. The van der Waals surface area contributed by atoms with Crippen LogP contribution in [0, 0.1) is 19.8 Å². The molecular formula is C24H31ClN2O3. The van der Waals surface area contributed by atoms with Crippen molar-refractivity contribution in [3.63, 3.8) is 0 Å². The first-order valence-electron chi connectivity index (χ1n) is 10.4. The minimum atomic E-state index is -0.485. The topological polar surface area (TPSA) is 61.8 Å². The molecule has 5 nitrogen and oxygen atoms in total. The fraction of sp³-hybridized carbons (Fsp3) is 0.458. The maximum Gasteiger partial charge on any atom is 0.251 e. The van der Waals surface area contributed by atoms with Crippen molar-refractivity contribution < 1.29 is 14.6 Å². The summed E-state index contributed by atoms with van der Waals surface area (Å²) in [4.78, 5) is 14.7. The second-order valence-electron chi connectivity index (χ2n) is 8.28. The number of carbonyl (C=O) groups excluding carboxylic acids is 1. The van der Waals surface area contributed by atoms with E-state index in [0.717, 1.165) is 24.4 Å². The van der Waals surface area contributed by atoms with E-state index in [0.29, 0.717) is 35.7 Å². The van der Waals surface area contributed by atoms with Crippen LogP contribution in [0.25, 0.3) is 0 Å². The first-order valence-corrected chi connectivity index (χ1v) is 10.8. The number of halogens is 1. The van der Waals surface area contributed by atoms with Crippen LogP contribution in [0.5, 0.6) is 5.75 Å². The Kier molecular flexibility index (Phi) is 7.40. The monoisotopic (exact) mass is 430 g/mol. The number of aliphatic hydroxyl groups excluding tert-OH is 1. The fourth-order valence-electron chi connectivity index (χ4n) is 3.86. The average Bonchev–Trinajstić information content (AvgIpc) is 2.67. The number of carbonyl (C=O) groups is 1. The van der Waals surface area contributed by atoms with E-state index in [1.807, 2.05) is 6.07 Å². The summed E-state index contributed by atoms with van der Waals surface area (Å²) >= 11 is 5.96. The maximum atomic E-state index is 12.3. The lowest BCUT2D eigenvalue weighted by molar-refractivity contribution is 0.0569. The Balaban J connectivity index is 1.52. The number of benzene rings is 2. The molecule has 2 aromatic carbocycles. The second-order valence-corrected chi connectivity index (χ2v) is 8.72. The van der Waals surface area contributed by atoms with E-state index >= 15 is 0 Å². The molecule has 1 saturated heterocycles. The minimum Gasteiger partial charge on any atom is -0.491 e. The molecular weight excluding hydrogens is 400 g/mol. The van der Waals surface area contributed by atoms with Crippen LogP contribution < -0.4 is 10.1 Å². The molecule has 1 heterocycles. The molecule has 1 fully saturated rings. The van der Waals surface area contributed by atoms with Gasteiger partial charge in [0.15, 0.2) is 0 Å². The molecule has 162 valence electrons. The molecule has 2 atom stereocenters. The number of nitrogens with one attached hydrogen (secondary N) is 1. The third kappa shape index (κ3) is 5.34. The Hall–Kier alpha value is -2.08. The van der Waals surface area contributed by atoms with Gasteiger partial charge in [0.2, 0.25) is 0 Å². The van der Waals surface area contributed by atoms with Crippen molar-refractivity contribution in [2.75, 3.05) is 26.2 Å². The Morgan fingerprint density at radius 3 is 2.63 bits per heavy atom. The molecule has 0 aliphatic carbocycles. The van der Waals surface area contributed by atoms with Crippen LogP contribution in [0.2, 0.25) is 5.02 Å². The van der Waals surface area contributed by atoms with E-state index in [9.17, 15) is 9.90 Å². The number of nitrogens with zero attached hydrogens (tertiary/aromatic N) is 1. The summed E-state index contributed by atoms with van der Waals surface area (Å²) < 4.78 is 5.72. The third-order valence-electron chi connectivity index (χ3n) is 5.88. The van der Waals surface area contributed by atoms with Gasteiger partial charge in [-0.15, -0.1) is 0 Å². The van der Waals surface area contributed by atoms with Crippen LogP contribution in [0.15, 0.2) is 36.4 Å². The highest BCUT2D eigenvalue weighted by Gasteiger charge is 2.32. The van der Waals surface area contributed by atoms with Crippen LogP contribution in [-0.2, 0) is 0 Å². The van der Waals surface area contributed by atoms with Gasteiger partial charge in [0.05, 0.1) is 6.10 Å². The van der Waals surface area contributed by atoms with Crippen molar-refractivity contribution in [1.82, 2.24) is 10.2 Å². The van der Waals surface area contributed by atoms with Crippen molar-refractivity contribution >= 4 is 17.5 Å². The molecule has 2 N–H and O–H groups in total. The molecule has 2 aromatic rings. The van der Waals surface area contributed by atoms with E-state index in [1.165, 1.54) is 11.1 Å². The predicted octanol–water partition coefficient (Wildman–Crippen LogP) is 4.14. The lowest BCUT2D eigenvalue weighted by atomic mass is 9.91. The molecule has 0 spiro atoms. The standard InChI is InChI=1S/C24H31ClN2O3/c1-15(28)14-30-23-9-8-22(16(2)17(23)3)18(4)27-12-19(13-27)11-26-24(29)20-6-5-7-21(25)10-20/h5-10,15,18-19,28H,11-14H2,1-4H3,(H,26,29)/t15-,18?/m1/s1. The van der Waals surface area contributed by atoms with Crippen molar-refractivity contribution in [2.24, 2.45) is 5.92 Å². The number of hydrogen-bond donors (Lipinski definition) is 2. The van der Waals surface area contributed by atoms with Crippen LogP contribution in [0.1, 0.15) is 46.9 Å². The largest absolute Gasteiger partial charge is 0.491 e. The smallest absolute Gasteiger partial charge is 0.251 e. The number of amides is 1. The molecule has 0 aromatic heterocycles. The summed E-state index contributed by atoms with van der Waals surface area (Å²) in [7, 11) is 0. The van der Waals surface area contributed by atoms with Gasteiger partial charge in [-0.1, -0.05) is 23.7 Å². The highest BCUT2D eigenvalue weighted by atomic mass is 35.5. The van der Waals surface area contributed by atoms with Crippen LogP contribution in [0.3, 0.4) is 0 Å². The highest BCUT2D eigenvalue weighted by Crippen LogP contribution is 2.34. The van der Waals surface area contributed by atoms with Gasteiger partial charge in [0, 0.05) is 42.2 Å². The van der Waals surface area contributed by atoms with Crippen LogP contribution >= 0.6 is 11.6 Å². The predicted molar refractivity (Wildman–Crippen MR) is 120 cm³/mol. The fourth-order valence-corrected chi connectivity index (χ4v) is 4.05. The summed E-state index contributed by atoms with van der Waals surface area (Å²) in [5.74, 6) is 1.20. The van der Waals surface area contributed by atoms with Gasteiger partial charge in [-0.05, 0) is 68.7 Å². The molecule has 6 heteroatoms. The molecule has 0 saturated carbocycles. The molecule has 1 unspecified atom stereocenters. The third-order valence-corrected chi connectivity index (χ3v) is 6.12. The molecule has 0 radical (unpaired) electrons. The van der Waals surface area contributed by atoms with E-state index in [2.05, 4.69) is 37.1 Å². The first kappa shape index (κ1) is 22.6. The lowest BCUT2D eigenvalue weighted by Crippen LogP contribution is -2.52. The van der Waals surface area contributed by atoms with Gasteiger partial charge < -0.3 is 15.2 Å². The summed E-state index contributed by atoms with van der Waals surface area (Å²) in [6.07, 6.45) is -0.485. The van der Waals surface area contributed by atoms with Crippen LogP contribution in [-0.4, -0.2) is 48.3 Å². The zero-order chi connectivity index (χ0) is 21.8. The number of rotatable bonds is 8. The molecule has 1 aliphatic heterocycles. The zero-order valence-electron chi connectivity index (χ0n) is 18.1. The Morgan fingerprint density at radius 2 is 1.97 bits per heavy atom. The van der Waals surface area contributed by atoms with Gasteiger partial charge >= 0.3 is 0 Å². The van der Waals surface area contributed by atoms with Gasteiger partial charge in [0.25, 0.3) is 5.91 Å². The van der Waals surface area contributed by atoms with Gasteiger partial charge in [-0.25, -0.2) is 0 Å². The normalized spacial score (nSPS) is 16.6. The molecule has 1 amide bonds. The van der Waals surface area contributed by atoms with Crippen LogP contribution in [0.4, 0.5) is 0 Å². The van der Waals surface area contributed by atoms with Crippen molar-refractivity contribution in [3.8, 4) is 5.75 Å². The number of hydrogen-bond acceptors (Lipinski definition) is 4. The maximum absolute atomic E-state index is 12.3. The van der Waals surface area contributed by atoms with Crippen molar-refractivity contribution in [2.45, 2.75) is 39.8 Å². The molecule has 0 bridgehead atoms. The second kappa shape index (κ2) is 9.82. The SMILES string of the molecule is Cc1c(OC[C@@H](C)O)ccc(C(C)N2CC(CNC(=O)c3cccc(Cl)c3)C2)c1C. The van der Waals surface area contributed by atoms with Crippen molar-refractivity contribution in [3.05, 3.63) is 63.7 Å². The summed E-state index contributed by atoms with van der Waals surface area (Å²) in [6.45, 7) is 11.0. The van der Waals surface area contributed by atoms with Crippen molar-refractivity contribution in [1.29, 1.82) is 0 Å². The Morgan fingerprint density at radius 1 is 1.23 bits per heavy atom. The Labute approximate surface area is 184 Å². The van der Waals surface area contributed by atoms with E-state index in [1.54, 1.807) is 31.2 Å². The van der Waals surface area contributed by atoms with Gasteiger partial charge in [0.1, 0.15) is 12.4 Å². The quantitative estimate of drug-likeness (QED) is 0.660. The first-order chi connectivity index (χ1) is 14.3. The average molecular weight is 431 g/mol. The highest BCUT2D eigenvalue weighted by molar-refractivity contribution is 6.30. The number of aliphatic hydroxyl groups is 1.